The number of ether oxygens (including phenoxy) is 1. The van der Waals surface area contributed by atoms with Crippen molar-refractivity contribution in [2.24, 2.45) is 0 Å². The number of aromatic nitrogens is 3. The Hall–Kier alpha value is -3.90. The van der Waals surface area contributed by atoms with Gasteiger partial charge in [0.2, 0.25) is 11.7 Å². The van der Waals surface area contributed by atoms with Crippen LogP contribution >= 0.6 is 11.6 Å². The SMILES string of the molecule is COc1ccc2c(c1)c(C(=O)c1cnc(-c3ccncc3)o1)c(C)n2Cc1ccc(Cl)cc1. The highest BCUT2D eigenvalue weighted by Crippen LogP contribution is 2.32. The molecule has 0 atom stereocenters. The molecule has 0 bridgehead atoms. The molecule has 3 heterocycles. The average Bonchev–Trinajstić information content (AvgIpc) is 3.44. The predicted molar refractivity (Wildman–Crippen MR) is 127 cm³/mol. The maximum Gasteiger partial charge on any atom is 0.232 e. The van der Waals surface area contributed by atoms with Gasteiger partial charge in [-0.25, -0.2) is 4.98 Å². The Kier molecular flexibility index (Phi) is 5.44. The summed E-state index contributed by atoms with van der Waals surface area (Å²) in [4.78, 5) is 21.9. The predicted octanol–water partition coefficient (Wildman–Crippen LogP) is 5.94. The Bertz CT molecular complexity index is 1450. The third-order valence-electron chi connectivity index (χ3n) is 5.67. The van der Waals surface area contributed by atoms with E-state index in [-0.39, 0.29) is 11.5 Å². The van der Waals surface area contributed by atoms with Crippen molar-refractivity contribution in [2.45, 2.75) is 13.5 Å². The van der Waals surface area contributed by atoms with Gasteiger partial charge in [-0.05, 0) is 55.0 Å². The highest BCUT2D eigenvalue weighted by molar-refractivity contribution is 6.30. The van der Waals surface area contributed by atoms with Gasteiger partial charge < -0.3 is 13.7 Å². The summed E-state index contributed by atoms with van der Waals surface area (Å²) in [5.41, 5.74) is 4.16. The first-order valence-electron chi connectivity index (χ1n) is 10.4. The number of hydrogen-bond acceptors (Lipinski definition) is 5. The number of hydrogen-bond donors (Lipinski definition) is 0. The van der Waals surface area contributed by atoms with Gasteiger partial charge in [0.1, 0.15) is 5.75 Å². The molecule has 0 unspecified atom stereocenters. The Morgan fingerprint density at radius 1 is 1.09 bits per heavy atom. The van der Waals surface area contributed by atoms with Crippen molar-refractivity contribution in [1.29, 1.82) is 0 Å². The number of rotatable bonds is 6. The minimum absolute atomic E-state index is 0.179. The second-order valence-corrected chi connectivity index (χ2v) is 8.09. The molecule has 5 aromatic rings. The van der Waals surface area contributed by atoms with Gasteiger partial charge in [-0.15, -0.1) is 0 Å². The fourth-order valence-electron chi connectivity index (χ4n) is 3.98. The molecule has 0 spiro atoms. The second kappa shape index (κ2) is 8.56. The van der Waals surface area contributed by atoms with Crippen molar-refractivity contribution in [3.05, 3.63) is 101 Å². The Morgan fingerprint density at radius 2 is 1.85 bits per heavy atom. The average molecular weight is 458 g/mol. The molecule has 2 aromatic carbocycles. The molecule has 6 nitrogen and oxygen atoms in total. The number of fused-ring (bicyclic) bond motifs is 1. The van der Waals surface area contributed by atoms with Gasteiger partial charge in [-0.3, -0.25) is 9.78 Å². The van der Waals surface area contributed by atoms with Crippen molar-refractivity contribution in [1.82, 2.24) is 14.5 Å². The van der Waals surface area contributed by atoms with E-state index in [4.69, 9.17) is 20.8 Å². The standard InChI is InChI=1S/C26H20ClN3O3/c1-16-24(25(31)23-14-29-26(33-23)18-9-11-28-12-10-18)21-13-20(32-2)7-8-22(21)30(16)15-17-3-5-19(27)6-4-17/h3-14H,15H2,1-2H3. The normalized spacial score (nSPS) is 11.1. The molecule has 0 aliphatic carbocycles. The lowest BCUT2D eigenvalue weighted by molar-refractivity contribution is 0.101. The van der Waals surface area contributed by atoms with Gasteiger partial charge in [0.15, 0.2) is 5.76 Å². The van der Waals surface area contributed by atoms with Crippen LogP contribution in [0.5, 0.6) is 5.75 Å². The van der Waals surface area contributed by atoms with Gasteiger partial charge in [0.25, 0.3) is 0 Å². The second-order valence-electron chi connectivity index (χ2n) is 7.65. The zero-order valence-corrected chi connectivity index (χ0v) is 18.8. The molecule has 3 aromatic heterocycles. The van der Waals surface area contributed by atoms with E-state index in [1.54, 1.807) is 31.6 Å². The summed E-state index contributed by atoms with van der Waals surface area (Å²) < 4.78 is 13.4. The largest absolute Gasteiger partial charge is 0.497 e. The number of carbonyl (C=O) groups excluding carboxylic acids is 1. The molecule has 0 aliphatic rings. The first-order valence-corrected chi connectivity index (χ1v) is 10.7. The zero-order chi connectivity index (χ0) is 22.9. The van der Waals surface area contributed by atoms with Crippen molar-refractivity contribution < 1.29 is 13.9 Å². The third kappa shape index (κ3) is 3.90. The van der Waals surface area contributed by atoms with Crippen LogP contribution in [-0.4, -0.2) is 27.4 Å². The fourth-order valence-corrected chi connectivity index (χ4v) is 4.11. The van der Waals surface area contributed by atoms with E-state index in [1.165, 1.54) is 6.20 Å². The zero-order valence-electron chi connectivity index (χ0n) is 18.1. The molecule has 5 rings (SSSR count). The van der Waals surface area contributed by atoms with E-state index in [0.29, 0.717) is 28.8 Å². The number of nitrogens with zero attached hydrogens (tertiary/aromatic N) is 3. The van der Waals surface area contributed by atoms with E-state index >= 15 is 0 Å². The molecule has 0 aliphatic heterocycles. The molecule has 0 radical (unpaired) electrons. The molecular weight excluding hydrogens is 438 g/mol. The number of carbonyl (C=O) groups is 1. The molecule has 0 N–H and O–H groups in total. The minimum Gasteiger partial charge on any atom is -0.497 e. The number of pyridine rings is 1. The van der Waals surface area contributed by atoms with Crippen molar-refractivity contribution >= 4 is 28.3 Å². The van der Waals surface area contributed by atoms with Crippen LogP contribution < -0.4 is 4.74 Å². The maximum atomic E-state index is 13.6. The van der Waals surface area contributed by atoms with Crippen molar-refractivity contribution in [2.75, 3.05) is 7.11 Å². The monoisotopic (exact) mass is 457 g/mol. The van der Waals surface area contributed by atoms with E-state index < -0.39 is 0 Å². The molecule has 0 amide bonds. The molecular formula is C26H20ClN3O3. The Labute approximate surface area is 195 Å². The number of ketones is 1. The van der Waals surface area contributed by atoms with Gasteiger partial charge in [-0.2, -0.15) is 0 Å². The molecule has 7 heteroatoms. The topological polar surface area (TPSA) is 70.2 Å². The van der Waals surface area contributed by atoms with Gasteiger partial charge >= 0.3 is 0 Å². The summed E-state index contributed by atoms with van der Waals surface area (Å²) in [5.74, 6) is 1.00. The summed E-state index contributed by atoms with van der Waals surface area (Å²) >= 11 is 6.05. The fraction of sp³-hybridized carbons (Fsp3) is 0.115. The van der Waals surface area contributed by atoms with Crippen LogP contribution in [0.4, 0.5) is 0 Å². The molecule has 0 fully saturated rings. The van der Waals surface area contributed by atoms with Crippen LogP contribution in [0.1, 0.15) is 27.4 Å². The van der Waals surface area contributed by atoms with E-state index in [9.17, 15) is 4.79 Å². The highest BCUT2D eigenvalue weighted by atomic mass is 35.5. The molecule has 0 saturated carbocycles. The molecule has 164 valence electrons. The number of oxazole rings is 1. The first-order chi connectivity index (χ1) is 16.0. The quantitative estimate of drug-likeness (QED) is 0.295. The number of halogens is 1. The van der Waals surface area contributed by atoms with Crippen LogP contribution in [-0.2, 0) is 6.54 Å². The van der Waals surface area contributed by atoms with Gasteiger partial charge in [-0.1, -0.05) is 23.7 Å². The lowest BCUT2D eigenvalue weighted by Gasteiger charge is -2.09. The van der Waals surface area contributed by atoms with E-state index in [1.807, 2.05) is 49.4 Å². The number of benzene rings is 2. The van der Waals surface area contributed by atoms with Crippen LogP contribution in [0.2, 0.25) is 5.02 Å². The first kappa shape index (κ1) is 21.0. The van der Waals surface area contributed by atoms with E-state index in [2.05, 4.69) is 14.5 Å². The summed E-state index contributed by atoms with van der Waals surface area (Å²) in [6.45, 7) is 2.54. The summed E-state index contributed by atoms with van der Waals surface area (Å²) in [5, 5.41) is 1.48. The minimum atomic E-state index is -0.228. The van der Waals surface area contributed by atoms with Crippen LogP contribution in [0.3, 0.4) is 0 Å². The third-order valence-corrected chi connectivity index (χ3v) is 5.92. The Morgan fingerprint density at radius 3 is 2.58 bits per heavy atom. The summed E-state index contributed by atoms with van der Waals surface area (Å²) in [6, 6.07) is 17.0. The van der Waals surface area contributed by atoms with Crippen molar-refractivity contribution in [3.8, 4) is 17.2 Å². The van der Waals surface area contributed by atoms with Crippen LogP contribution in [0.15, 0.2) is 77.6 Å². The van der Waals surface area contributed by atoms with E-state index in [0.717, 1.165) is 27.7 Å². The smallest absolute Gasteiger partial charge is 0.232 e. The summed E-state index contributed by atoms with van der Waals surface area (Å²) in [6.07, 6.45) is 4.78. The highest BCUT2D eigenvalue weighted by Gasteiger charge is 2.25. The lowest BCUT2D eigenvalue weighted by Crippen LogP contribution is -2.05. The lowest BCUT2D eigenvalue weighted by atomic mass is 10.1. The molecule has 33 heavy (non-hydrogen) atoms. The van der Waals surface area contributed by atoms with Crippen molar-refractivity contribution in [3.63, 3.8) is 0 Å². The van der Waals surface area contributed by atoms with Crippen LogP contribution in [0, 0.1) is 6.92 Å². The Balaban J connectivity index is 1.61. The van der Waals surface area contributed by atoms with Crippen LogP contribution in [0.25, 0.3) is 22.4 Å². The summed E-state index contributed by atoms with van der Waals surface area (Å²) in [7, 11) is 1.61. The number of methoxy groups -OCH3 is 1. The van der Waals surface area contributed by atoms with Gasteiger partial charge in [0, 0.05) is 46.1 Å². The molecule has 0 saturated heterocycles. The maximum absolute atomic E-state index is 13.6. The van der Waals surface area contributed by atoms with Gasteiger partial charge in [0.05, 0.1) is 18.9 Å².